The molecule has 2 aliphatic rings. The minimum Gasteiger partial charge on any atom is -0.339 e. The highest BCUT2D eigenvalue weighted by atomic mass is 127. The summed E-state index contributed by atoms with van der Waals surface area (Å²) in [7, 11) is 0. The summed E-state index contributed by atoms with van der Waals surface area (Å²) in [5.41, 5.74) is 8.41. The lowest BCUT2D eigenvalue weighted by Crippen LogP contribution is -2.13. The van der Waals surface area contributed by atoms with E-state index in [4.69, 9.17) is 4.98 Å². The Morgan fingerprint density at radius 3 is 3.00 bits per heavy atom. The van der Waals surface area contributed by atoms with Crippen LogP contribution in [-0.2, 0) is 0 Å². The van der Waals surface area contributed by atoms with Crippen molar-refractivity contribution in [3.63, 3.8) is 0 Å². The number of rotatable bonds is 4. The monoisotopic (exact) mass is 539 g/mol. The summed E-state index contributed by atoms with van der Waals surface area (Å²) in [6, 6.07) is 8.36. The van der Waals surface area contributed by atoms with Crippen LogP contribution in [0.4, 0.5) is 5.69 Å². The summed E-state index contributed by atoms with van der Waals surface area (Å²) in [6.45, 7) is 0.778. The predicted molar refractivity (Wildman–Crippen MR) is 135 cm³/mol. The zero-order valence-corrected chi connectivity index (χ0v) is 19.4. The van der Waals surface area contributed by atoms with Crippen LogP contribution in [-0.4, -0.2) is 43.7 Å². The van der Waals surface area contributed by atoms with E-state index >= 15 is 0 Å². The number of benzene rings is 1. The molecule has 0 fully saturated rings. The normalized spacial score (nSPS) is 17.7. The van der Waals surface area contributed by atoms with E-state index in [-0.39, 0.29) is 5.92 Å². The predicted octanol–water partition coefficient (Wildman–Crippen LogP) is 5.31. The summed E-state index contributed by atoms with van der Waals surface area (Å²) in [6.07, 6.45) is 6.68. The highest BCUT2D eigenvalue weighted by Gasteiger charge is 2.27. The molecule has 5 heterocycles. The van der Waals surface area contributed by atoms with Gasteiger partial charge in [0.1, 0.15) is 11.4 Å². The fourth-order valence-corrected chi connectivity index (χ4v) is 5.46. The molecule has 0 spiro atoms. The number of nitrogens with zero attached hydrogens (tertiary/aromatic N) is 4. The molecule has 7 nitrogen and oxygen atoms in total. The Morgan fingerprint density at radius 1 is 1.16 bits per heavy atom. The number of imidazole rings is 1. The first-order valence-corrected chi connectivity index (χ1v) is 12.1. The molecule has 1 atom stereocenters. The molecule has 6 rings (SSSR count). The molecule has 1 aromatic carbocycles. The number of anilines is 1. The number of pyridine rings is 1. The summed E-state index contributed by atoms with van der Waals surface area (Å²) < 4.78 is 3.12. The van der Waals surface area contributed by atoms with E-state index in [1.165, 1.54) is 5.57 Å². The first-order valence-electron chi connectivity index (χ1n) is 10.0. The fourth-order valence-electron chi connectivity index (χ4n) is 4.20. The van der Waals surface area contributed by atoms with Crippen molar-refractivity contribution in [3.8, 4) is 22.6 Å². The van der Waals surface area contributed by atoms with E-state index in [0.717, 1.165) is 69.3 Å². The molecule has 2 aliphatic heterocycles. The number of aromatic amines is 2. The standard InChI is InChI=1S/C22H18IN7S/c23-28-15-5-14(7-24-8-15)12-1-2-18-16(6-12)21(30-29-18)22-26-19-10-25-9-17(20(19)27-22)13-3-4-31-11-13/h1-2,5-8,10-11,17,28H,3-4,9H2,(H,26,27)(H,29,30). The van der Waals surface area contributed by atoms with Gasteiger partial charge in [0, 0.05) is 35.0 Å². The van der Waals surface area contributed by atoms with Gasteiger partial charge in [0.25, 0.3) is 0 Å². The van der Waals surface area contributed by atoms with Crippen LogP contribution in [0.3, 0.4) is 0 Å². The number of thioether (sulfide) groups is 1. The zero-order chi connectivity index (χ0) is 20.8. The smallest absolute Gasteiger partial charge is 0.159 e. The first-order chi connectivity index (χ1) is 15.3. The second-order valence-corrected chi connectivity index (χ2v) is 9.15. The Hall–Kier alpha value is -2.66. The van der Waals surface area contributed by atoms with Gasteiger partial charge in [0.15, 0.2) is 5.82 Å². The molecule has 31 heavy (non-hydrogen) atoms. The van der Waals surface area contributed by atoms with Gasteiger partial charge in [-0.2, -0.15) is 5.10 Å². The van der Waals surface area contributed by atoms with Crippen molar-refractivity contribution in [2.75, 3.05) is 15.8 Å². The average Bonchev–Trinajstić information content (AvgIpc) is 3.57. The first kappa shape index (κ1) is 19.1. The summed E-state index contributed by atoms with van der Waals surface area (Å²) in [5.74, 6) is 2.22. The van der Waals surface area contributed by atoms with Crippen LogP contribution in [0.2, 0.25) is 0 Å². The van der Waals surface area contributed by atoms with Crippen LogP contribution in [0.15, 0.2) is 52.6 Å². The van der Waals surface area contributed by atoms with Crippen LogP contribution in [0.5, 0.6) is 0 Å². The molecule has 0 radical (unpaired) electrons. The van der Waals surface area contributed by atoms with E-state index in [0.29, 0.717) is 0 Å². The van der Waals surface area contributed by atoms with Gasteiger partial charge in [-0.15, -0.1) is 11.8 Å². The molecule has 0 saturated heterocycles. The van der Waals surface area contributed by atoms with Gasteiger partial charge in [0.2, 0.25) is 0 Å². The molecule has 0 saturated carbocycles. The maximum absolute atomic E-state index is 4.85. The van der Waals surface area contributed by atoms with E-state index < -0.39 is 0 Å². The van der Waals surface area contributed by atoms with Crippen molar-refractivity contribution in [3.05, 3.63) is 59.0 Å². The number of hydrogen-bond donors (Lipinski definition) is 3. The zero-order valence-electron chi connectivity index (χ0n) is 16.4. The molecule has 0 amide bonds. The third-order valence-corrected chi connectivity index (χ3v) is 7.30. The molecule has 1 unspecified atom stereocenters. The number of halogens is 1. The van der Waals surface area contributed by atoms with Crippen LogP contribution >= 0.6 is 34.6 Å². The maximum Gasteiger partial charge on any atom is 0.159 e. The van der Waals surface area contributed by atoms with Gasteiger partial charge < -0.3 is 8.51 Å². The lowest BCUT2D eigenvalue weighted by atomic mass is 9.92. The van der Waals surface area contributed by atoms with E-state index in [9.17, 15) is 0 Å². The lowest BCUT2D eigenvalue weighted by Gasteiger charge is -2.18. The van der Waals surface area contributed by atoms with Crippen LogP contribution in [0, 0.1) is 0 Å². The van der Waals surface area contributed by atoms with Crippen molar-refractivity contribution in [1.82, 2.24) is 25.1 Å². The maximum atomic E-state index is 4.85. The van der Waals surface area contributed by atoms with Crippen LogP contribution in [0.1, 0.15) is 23.7 Å². The Labute approximate surface area is 196 Å². The van der Waals surface area contributed by atoms with Gasteiger partial charge >= 0.3 is 0 Å². The minimum absolute atomic E-state index is 0.284. The molecule has 3 aromatic heterocycles. The van der Waals surface area contributed by atoms with Crippen LogP contribution < -0.4 is 3.53 Å². The molecule has 3 N–H and O–H groups in total. The van der Waals surface area contributed by atoms with E-state index in [2.05, 4.69) is 81.2 Å². The lowest BCUT2D eigenvalue weighted by molar-refractivity contribution is 0.746. The summed E-state index contributed by atoms with van der Waals surface area (Å²) in [5, 5.41) is 11.1. The number of nitrogens with one attached hydrogen (secondary N) is 3. The highest BCUT2D eigenvalue weighted by Crippen LogP contribution is 2.38. The van der Waals surface area contributed by atoms with Crippen molar-refractivity contribution >= 4 is 57.4 Å². The Bertz CT molecular complexity index is 1350. The molecule has 9 heteroatoms. The van der Waals surface area contributed by atoms with Crippen molar-refractivity contribution < 1.29 is 0 Å². The molecular formula is C22H18IN7S. The second-order valence-electron chi connectivity index (χ2n) is 7.63. The van der Waals surface area contributed by atoms with Crippen molar-refractivity contribution in [2.24, 2.45) is 4.99 Å². The molecule has 0 bridgehead atoms. The molecule has 0 aliphatic carbocycles. The van der Waals surface area contributed by atoms with Gasteiger partial charge in [-0.05, 0) is 35.6 Å². The average molecular weight is 539 g/mol. The Morgan fingerprint density at radius 2 is 2.13 bits per heavy atom. The minimum atomic E-state index is 0.284. The van der Waals surface area contributed by atoms with Gasteiger partial charge in [-0.25, -0.2) is 4.98 Å². The van der Waals surface area contributed by atoms with Crippen molar-refractivity contribution in [2.45, 2.75) is 12.3 Å². The molecule has 4 aromatic rings. The van der Waals surface area contributed by atoms with Gasteiger partial charge in [0.05, 0.1) is 52.5 Å². The third kappa shape index (κ3) is 3.35. The van der Waals surface area contributed by atoms with Gasteiger partial charge in [-0.1, -0.05) is 11.6 Å². The third-order valence-electron chi connectivity index (χ3n) is 5.77. The molecular weight excluding hydrogens is 521 g/mol. The SMILES string of the molecule is INc1cncc(-c2ccc3[nH]nc(-c4nc5c([nH]4)C(C4=CSCC4)CN=C5)c3c2)c1. The Balaban J connectivity index is 1.43. The van der Waals surface area contributed by atoms with Crippen molar-refractivity contribution in [1.29, 1.82) is 0 Å². The number of aliphatic imine (C=N–C) groups is 1. The fraction of sp³-hybridized carbons (Fsp3) is 0.182. The molecule has 154 valence electrons. The topological polar surface area (TPSA) is 94.6 Å². The largest absolute Gasteiger partial charge is 0.339 e. The Kier molecular flexibility index (Phi) is 4.79. The van der Waals surface area contributed by atoms with E-state index in [1.54, 1.807) is 6.20 Å². The number of fused-ring (bicyclic) bond motifs is 2. The summed E-state index contributed by atoms with van der Waals surface area (Å²) in [4.78, 5) is 17.3. The van der Waals surface area contributed by atoms with E-state index in [1.807, 2.05) is 24.2 Å². The second kappa shape index (κ2) is 7.79. The number of hydrogen-bond acceptors (Lipinski definition) is 6. The van der Waals surface area contributed by atoms with Crippen LogP contribution in [0.25, 0.3) is 33.5 Å². The quantitative estimate of drug-likeness (QED) is 0.241. The number of H-pyrrole nitrogens is 2. The highest BCUT2D eigenvalue weighted by molar-refractivity contribution is 14.1. The summed E-state index contributed by atoms with van der Waals surface area (Å²) >= 11 is 4.00. The van der Waals surface area contributed by atoms with Gasteiger partial charge in [-0.3, -0.25) is 15.1 Å². The number of aromatic nitrogens is 5.